The molecule has 9 heteroatoms. The van der Waals surface area contributed by atoms with Crippen LogP contribution in [0.2, 0.25) is 0 Å². The van der Waals surface area contributed by atoms with Gasteiger partial charge in [0.25, 0.3) is 5.91 Å². The van der Waals surface area contributed by atoms with Gasteiger partial charge < -0.3 is 19.9 Å². The molecule has 1 saturated heterocycles. The highest BCUT2D eigenvalue weighted by molar-refractivity contribution is 6.01. The van der Waals surface area contributed by atoms with Gasteiger partial charge in [0.15, 0.2) is 22.9 Å². The lowest BCUT2D eigenvalue weighted by molar-refractivity contribution is 0.0970. The van der Waals surface area contributed by atoms with Crippen LogP contribution in [0.15, 0.2) is 27.6 Å². The minimum atomic E-state index is -0.749. The summed E-state index contributed by atoms with van der Waals surface area (Å²) in [7, 11) is 0. The first kappa shape index (κ1) is 14.6. The molecule has 3 aromatic rings. The van der Waals surface area contributed by atoms with E-state index in [0.717, 1.165) is 12.8 Å². The number of furan rings is 1. The van der Waals surface area contributed by atoms with Gasteiger partial charge in [-0.15, -0.1) is 0 Å². The lowest BCUT2D eigenvalue weighted by Crippen LogP contribution is -2.24. The minimum absolute atomic E-state index is 0.0467. The molecule has 0 spiro atoms. The summed E-state index contributed by atoms with van der Waals surface area (Å²) >= 11 is 0. The van der Waals surface area contributed by atoms with Gasteiger partial charge >= 0.3 is 5.69 Å². The average Bonchev–Trinajstić information content (AvgIpc) is 3.29. The van der Waals surface area contributed by atoms with Crippen LogP contribution in [0.5, 0.6) is 0 Å². The zero-order chi connectivity index (χ0) is 16.7. The van der Waals surface area contributed by atoms with E-state index < -0.39 is 5.91 Å². The highest BCUT2D eigenvalue weighted by atomic mass is 16.5. The number of primary amides is 1. The summed E-state index contributed by atoms with van der Waals surface area (Å²) in [5, 5.41) is 0. The lowest BCUT2D eigenvalue weighted by Gasteiger charge is -2.10. The van der Waals surface area contributed by atoms with Gasteiger partial charge in [-0.25, -0.2) is 14.8 Å². The second-order valence-corrected chi connectivity index (χ2v) is 5.61. The van der Waals surface area contributed by atoms with Gasteiger partial charge in [-0.1, -0.05) is 0 Å². The molecule has 4 rings (SSSR count). The topological polar surface area (TPSA) is 129 Å². The van der Waals surface area contributed by atoms with Gasteiger partial charge in [0.1, 0.15) is 5.52 Å². The monoisotopic (exact) mass is 329 g/mol. The van der Waals surface area contributed by atoms with Crippen molar-refractivity contribution in [2.24, 2.45) is 5.73 Å². The van der Waals surface area contributed by atoms with Crippen LogP contribution in [0.3, 0.4) is 0 Å². The molecule has 1 amide bonds. The van der Waals surface area contributed by atoms with Crippen molar-refractivity contribution in [1.29, 1.82) is 0 Å². The Morgan fingerprint density at radius 3 is 3.00 bits per heavy atom. The number of nitrogens with one attached hydrogen (secondary N) is 1. The van der Waals surface area contributed by atoms with Crippen LogP contribution in [0, 0.1) is 0 Å². The number of amides is 1. The van der Waals surface area contributed by atoms with E-state index in [0.29, 0.717) is 24.6 Å². The largest absolute Gasteiger partial charge is 0.461 e. The second-order valence-electron chi connectivity index (χ2n) is 5.61. The maximum atomic E-state index is 12.3. The number of rotatable bonds is 4. The highest BCUT2D eigenvalue weighted by Gasteiger charge is 2.23. The summed E-state index contributed by atoms with van der Waals surface area (Å²) in [5.41, 5.74) is 5.52. The molecular weight excluding hydrogens is 314 g/mol. The molecule has 4 heterocycles. The number of ether oxygens (including phenoxy) is 1. The quantitative estimate of drug-likeness (QED) is 0.723. The Hall–Kier alpha value is -2.94. The van der Waals surface area contributed by atoms with E-state index in [1.54, 1.807) is 12.1 Å². The van der Waals surface area contributed by atoms with E-state index in [4.69, 9.17) is 14.9 Å². The van der Waals surface area contributed by atoms with Gasteiger partial charge in [0, 0.05) is 6.61 Å². The van der Waals surface area contributed by atoms with E-state index in [2.05, 4.69) is 15.0 Å². The molecule has 0 radical (unpaired) electrons. The maximum Gasteiger partial charge on any atom is 0.327 e. The number of fused-ring (bicyclic) bond motifs is 1. The van der Waals surface area contributed by atoms with Gasteiger partial charge in [0.2, 0.25) is 0 Å². The molecule has 1 fully saturated rings. The van der Waals surface area contributed by atoms with Crippen molar-refractivity contribution < 1.29 is 13.9 Å². The summed E-state index contributed by atoms with van der Waals surface area (Å²) in [6.45, 7) is 1.03. The predicted octanol–water partition coefficient (Wildman–Crippen LogP) is 0.657. The van der Waals surface area contributed by atoms with Crippen molar-refractivity contribution in [3.8, 4) is 11.6 Å². The fourth-order valence-electron chi connectivity index (χ4n) is 2.89. The Bertz CT molecular complexity index is 950. The van der Waals surface area contributed by atoms with Crippen LogP contribution in [-0.2, 0) is 11.3 Å². The molecule has 9 nitrogen and oxygen atoms in total. The van der Waals surface area contributed by atoms with Crippen molar-refractivity contribution in [2.75, 3.05) is 6.61 Å². The lowest BCUT2D eigenvalue weighted by atomic mass is 10.2. The van der Waals surface area contributed by atoms with Gasteiger partial charge in [-0.3, -0.25) is 9.36 Å². The number of hydrogen-bond acceptors (Lipinski definition) is 6. The van der Waals surface area contributed by atoms with E-state index in [9.17, 15) is 9.59 Å². The minimum Gasteiger partial charge on any atom is -0.461 e. The Kier molecular flexibility index (Phi) is 3.42. The van der Waals surface area contributed by atoms with Gasteiger partial charge in [-0.2, -0.15) is 0 Å². The van der Waals surface area contributed by atoms with Crippen LogP contribution < -0.4 is 11.4 Å². The van der Waals surface area contributed by atoms with E-state index in [1.807, 2.05) is 0 Å². The van der Waals surface area contributed by atoms with Crippen molar-refractivity contribution in [3.63, 3.8) is 0 Å². The standard InChI is InChI=1S/C15H15N5O4/c16-12(21)10-11-14(19-13(17-10)9-4-2-6-24-9)20(15(22)18-11)7-8-3-1-5-23-8/h2,4,6,8H,1,3,5,7H2,(H2,16,21)(H,18,22). The number of aromatic nitrogens is 4. The predicted molar refractivity (Wildman–Crippen MR) is 83.3 cm³/mol. The van der Waals surface area contributed by atoms with E-state index >= 15 is 0 Å². The number of H-pyrrole nitrogens is 1. The SMILES string of the molecule is NC(=O)c1nc(-c2ccco2)nc2c1[nH]c(=O)n2CC1CCCO1. The Morgan fingerprint density at radius 2 is 2.33 bits per heavy atom. The maximum absolute atomic E-state index is 12.3. The number of carbonyl (C=O) groups is 1. The van der Waals surface area contributed by atoms with Crippen LogP contribution in [0.25, 0.3) is 22.7 Å². The number of hydrogen-bond donors (Lipinski definition) is 2. The van der Waals surface area contributed by atoms with E-state index in [1.165, 1.54) is 10.8 Å². The first-order valence-corrected chi connectivity index (χ1v) is 7.59. The number of nitrogens with zero attached hydrogens (tertiary/aromatic N) is 3. The van der Waals surface area contributed by atoms with Crippen molar-refractivity contribution in [2.45, 2.75) is 25.5 Å². The number of carbonyl (C=O) groups excluding carboxylic acids is 1. The summed E-state index contributed by atoms with van der Waals surface area (Å²) in [5.74, 6) is -0.168. The first-order chi connectivity index (χ1) is 11.6. The third-order valence-corrected chi connectivity index (χ3v) is 4.01. The molecule has 1 aliphatic heterocycles. The van der Waals surface area contributed by atoms with Crippen molar-refractivity contribution >= 4 is 17.1 Å². The molecule has 3 N–H and O–H groups in total. The normalized spacial score (nSPS) is 17.6. The van der Waals surface area contributed by atoms with Crippen molar-refractivity contribution in [1.82, 2.24) is 19.5 Å². The number of nitrogens with two attached hydrogens (primary N) is 1. The third-order valence-electron chi connectivity index (χ3n) is 4.01. The third kappa shape index (κ3) is 2.38. The number of aromatic amines is 1. The van der Waals surface area contributed by atoms with E-state index in [-0.39, 0.29) is 28.8 Å². The molecule has 24 heavy (non-hydrogen) atoms. The Labute approximate surface area is 135 Å². The molecule has 1 atom stereocenters. The fraction of sp³-hybridized carbons (Fsp3) is 0.333. The molecular formula is C15H15N5O4. The smallest absolute Gasteiger partial charge is 0.327 e. The molecule has 0 bridgehead atoms. The fourth-order valence-corrected chi connectivity index (χ4v) is 2.89. The zero-order valence-electron chi connectivity index (χ0n) is 12.7. The zero-order valence-corrected chi connectivity index (χ0v) is 12.7. The summed E-state index contributed by atoms with van der Waals surface area (Å²) in [6.07, 6.45) is 3.25. The Balaban J connectivity index is 1.91. The average molecular weight is 329 g/mol. The van der Waals surface area contributed by atoms with Crippen molar-refractivity contribution in [3.05, 3.63) is 34.6 Å². The molecule has 1 aliphatic rings. The van der Waals surface area contributed by atoms with Gasteiger partial charge in [0.05, 0.1) is 18.9 Å². The van der Waals surface area contributed by atoms with Crippen LogP contribution >= 0.6 is 0 Å². The summed E-state index contributed by atoms with van der Waals surface area (Å²) < 4.78 is 12.3. The first-order valence-electron chi connectivity index (χ1n) is 7.59. The molecule has 0 aromatic carbocycles. The van der Waals surface area contributed by atoms with Crippen LogP contribution in [0.1, 0.15) is 23.3 Å². The summed E-state index contributed by atoms with van der Waals surface area (Å²) in [6, 6.07) is 3.35. The second kappa shape index (κ2) is 5.60. The summed E-state index contributed by atoms with van der Waals surface area (Å²) in [4.78, 5) is 35.2. The molecule has 3 aromatic heterocycles. The highest BCUT2D eigenvalue weighted by Crippen LogP contribution is 2.21. The Morgan fingerprint density at radius 1 is 1.46 bits per heavy atom. The molecule has 0 aliphatic carbocycles. The number of imidazole rings is 1. The van der Waals surface area contributed by atoms with Crippen LogP contribution in [0.4, 0.5) is 0 Å². The molecule has 124 valence electrons. The molecule has 0 saturated carbocycles. The van der Waals surface area contributed by atoms with Crippen LogP contribution in [-0.4, -0.2) is 38.1 Å². The van der Waals surface area contributed by atoms with Gasteiger partial charge in [-0.05, 0) is 25.0 Å². The molecule has 1 unspecified atom stereocenters.